The molecule has 5 rings (SSSR count). The topological polar surface area (TPSA) is 74.0 Å². The second-order valence-corrected chi connectivity index (χ2v) is 17.7. The summed E-state index contributed by atoms with van der Waals surface area (Å²) in [4.78, 5) is 16.0. The predicted molar refractivity (Wildman–Crippen MR) is 149 cm³/mol. The maximum atomic E-state index is 11.6. The van der Waals surface area contributed by atoms with Gasteiger partial charge in [0.2, 0.25) is 0 Å². The van der Waals surface area contributed by atoms with E-state index in [1.165, 1.54) is 12.1 Å². The van der Waals surface area contributed by atoms with Crippen LogP contribution >= 0.6 is 0 Å². The van der Waals surface area contributed by atoms with Crippen LogP contribution in [-0.2, 0) is 5.41 Å². The number of benzene rings is 4. The van der Waals surface area contributed by atoms with Gasteiger partial charge in [-0.25, -0.2) is 0 Å². The van der Waals surface area contributed by atoms with Gasteiger partial charge in [-0.05, 0) is 0 Å². The van der Waals surface area contributed by atoms with E-state index in [4.69, 9.17) is 11.1 Å². The third-order valence-electron chi connectivity index (χ3n) is 6.99. The molecule has 7 heteroatoms. The molecule has 0 N–H and O–H groups in total. The van der Waals surface area contributed by atoms with Crippen LogP contribution in [0.1, 0.15) is 38.3 Å². The van der Waals surface area contributed by atoms with Crippen molar-refractivity contribution in [2.24, 2.45) is 4.99 Å². The third-order valence-corrected chi connectivity index (χ3v) is 16.1. The van der Waals surface area contributed by atoms with Crippen molar-refractivity contribution < 1.29 is 11.1 Å². The van der Waals surface area contributed by atoms with Gasteiger partial charge < -0.3 is 0 Å². The van der Waals surface area contributed by atoms with Crippen LogP contribution in [0, 0.1) is 10.1 Å². The van der Waals surface area contributed by atoms with Gasteiger partial charge in [-0.2, -0.15) is 0 Å². The number of hydrogen-bond acceptors (Lipinski definition) is 5. The molecule has 0 bridgehead atoms. The molecule has 6 nitrogen and oxygen atoms in total. The Morgan fingerprint density at radius 1 is 0.838 bits per heavy atom. The Balaban J connectivity index is 1.81. The number of nitro benzene ring substituents is 1. The van der Waals surface area contributed by atoms with Crippen molar-refractivity contribution in [3.05, 3.63) is 118 Å². The minimum absolute atomic E-state index is 0.0183. The molecule has 0 saturated heterocycles. The molecule has 0 spiro atoms. The summed E-state index contributed by atoms with van der Waals surface area (Å²) in [7, 11) is 0. The summed E-state index contributed by atoms with van der Waals surface area (Å²) in [6.07, 6.45) is 2.61. The fourth-order valence-electron chi connectivity index (χ4n) is 4.36. The van der Waals surface area contributed by atoms with Gasteiger partial charge in [-0.3, -0.25) is 0 Å². The maximum absolute atomic E-state index is 11.6. The zero-order chi connectivity index (χ0) is 26.0. The van der Waals surface area contributed by atoms with E-state index in [1.54, 1.807) is 12.3 Å². The first-order valence-corrected chi connectivity index (χ1v) is 17.5. The number of aliphatic imine (C=N–C) groups is 1. The molecule has 186 valence electrons. The average Bonchev–Trinajstić information content (AvgIpc) is 3.00. The van der Waals surface area contributed by atoms with Crippen molar-refractivity contribution in [2.45, 2.75) is 32.6 Å². The van der Waals surface area contributed by atoms with Crippen LogP contribution in [0.2, 0.25) is 0 Å². The summed E-state index contributed by atoms with van der Waals surface area (Å²) in [5.41, 5.74) is 2.30. The van der Waals surface area contributed by atoms with E-state index < -0.39 is 24.1 Å². The van der Waals surface area contributed by atoms with Gasteiger partial charge in [0.15, 0.2) is 0 Å². The van der Waals surface area contributed by atoms with Crippen LogP contribution < -0.4 is 13.3 Å². The Bertz CT molecular complexity index is 1430. The molecular weight excluding hydrogens is 571 g/mol. The Morgan fingerprint density at radius 3 is 2.03 bits per heavy atom. The van der Waals surface area contributed by atoms with Gasteiger partial charge in [0.25, 0.3) is 0 Å². The number of rotatable bonds is 5. The fourth-order valence-corrected chi connectivity index (χ4v) is 13.2. The predicted octanol–water partition coefficient (Wildman–Crippen LogP) is 6.06. The van der Waals surface area contributed by atoms with Gasteiger partial charge in [0, 0.05) is 0 Å². The van der Waals surface area contributed by atoms with E-state index in [9.17, 15) is 10.1 Å². The van der Waals surface area contributed by atoms with Crippen LogP contribution in [0.4, 0.5) is 11.4 Å². The monoisotopic (exact) mass is 600 g/mol. The van der Waals surface area contributed by atoms with Crippen LogP contribution in [-0.4, -0.2) is 30.3 Å². The van der Waals surface area contributed by atoms with Gasteiger partial charge in [-0.15, -0.1) is 0 Å². The molecule has 4 aromatic carbocycles. The van der Waals surface area contributed by atoms with Crippen molar-refractivity contribution in [1.82, 2.24) is 0 Å². The van der Waals surface area contributed by atoms with Crippen molar-refractivity contribution >= 4 is 44.0 Å². The summed E-state index contributed by atoms with van der Waals surface area (Å²) < 4.78 is 16.0. The summed E-state index contributed by atoms with van der Waals surface area (Å²) in [6, 6.07) is 30.8. The molecule has 0 unspecified atom stereocenters. The summed E-state index contributed by atoms with van der Waals surface area (Å²) in [5, 5.41) is 11.6. The van der Waals surface area contributed by atoms with Crippen molar-refractivity contribution in [2.75, 3.05) is 0 Å². The fraction of sp³-hybridized carbons (Fsp3) is 0.167. The van der Waals surface area contributed by atoms with E-state index in [-0.39, 0.29) is 11.1 Å². The van der Waals surface area contributed by atoms with E-state index >= 15 is 0 Å². The molecule has 4 aromatic rings. The van der Waals surface area contributed by atoms with Gasteiger partial charge >= 0.3 is 222 Å². The van der Waals surface area contributed by atoms with Crippen molar-refractivity contribution in [1.29, 1.82) is 0 Å². The zero-order valence-electron chi connectivity index (χ0n) is 21.0. The Morgan fingerprint density at radius 2 is 1.43 bits per heavy atom. The molecule has 0 aliphatic carbocycles. The second-order valence-electron chi connectivity index (χ2n) is 9.71. The number of nitrogens with zero attached hydrogens (tertiary/aromatic N) is 2. The van der Waals surface area contributed by atoms with E-state index in [1.807, 2.05) is 66.7 Å². The molecular formula is C30H28N2O4Sn. The molecule has 0 aromatic heterocycles. The average molecular weight is 599 g/mol. The van der Waals surface area contributed by atoms with Gasteiger partial charge in [0.05, 0.1) is 0 Å². The molecule has 37 heavy (non-hydrogen) atoms. The first kappa shape index (κ1) is 25.0. The van der Waals surface area contributed by atoms with E-state index in [2.05, 4.69) is 32.9 Å². The first-order valence-electron chi connectivity index (χ1n) is 12.3. The Hall–Kier alpha value is -3.65. The van der Waals surface area contributed by atoms with Crippen LogP contribution in [0.5, 0.6) is 11.5 Å². The molecule has 1 aliphatic heterocycles. The number of hydrogen-bond donors (Lipinski definition) is 0. The second kappa shape index (κ2) is 10.0. The first-order chi connectivity index (χ1) is 17.8. The Kier molecular flexibility index (Phi) is 6.77. The standard InChI is InChI=1S/C18H20N2O4.2C6H5.Sn/c1-4-18(2,3)13-5-7-17(22)15(10-13)19-11-12-9-14(20(23)24)6-8-16(12)21;2*1-2-4-6-5-3-1;/h5-11,21-22H,4H2,1-3H3;2*1-5H;/q;;;+2/p-2. The summed E-state index contributed by atoms with van der Waals surface area (Å²) in [5.74, 6) is 1.15. The quantitative estimate of drug-likeness (QED) is 0.159. The molecule has 1 aliphatic rings. The molecule has 0 saturated carbocycles. The summed E-state index contributed by atoms with van der Waals surface area (Å²) in [6.45, 7) is 6.57. The van der Waals surface area contributed by atoms with Crippen LogP contribution in [0.25, 0.3) is 0 Å². The van der Waals surface area contributed by atoms with E-state index in [0.29, 0.717) is 22.7 Å². The molecule has 0 radical (unpaired) electrons. The number of fused-ring (bicyclic) bond motifs is 2. The van der Waals surface area contributed by atoms with Gasteiger partial charge in [0.1, 0.15) is 0 Å². The molecule has 0 atom stereocenters. The normalized spacial score (nSPS) is 14.1. The molecule has 0 fully saturated rings. The van der Waals surface area contributed by atoms with E-state index in [0.717, 1.165) is 19.1 Å². The zero-order valence-corrected chi connectivity index (χ0v) is 23.9. The Labute approximate surface area is 221 Å². The van der Waals surface area contributed by atoms with Crippen molar-refractivity contribution in [3.63, 3.8) is 0 Å². The third kappa shape index (κ3) is 4.85. The van der Waals surface area contributed by atoms with Crippen LogP contribution in [0.15, 0.2) is 102 Å². The number of nitro groups is 1. The molecule has 1 heterocycles. The summed E-state index contributed by atoms with van der Waals surface area (Å²) >= 11 is -4.46. The molecule has 0 amide bonds. The van der Waals surface area contributed by atoms with Gasteiger partial charge in [-0.1, -0.05) is 0 Å². The van der Waals surface area contributed by atoms with Crippen molar-refractivity contribution in [3.8, 4) is 11.5 Å². The number of non-ortho nitro benzene ring substituents is 1. The minimum atomic E-state index is -4.46. The van der Waals surface area contributed by atoms with Crippen LogP contribution in [0.3, 0.4) is 0 Å². The SMILES string of the molecule is CCC(C)(C)c1ccc2c(c1)N=Cc1cc([N+](=O)[O-])ccc1[O][Sn]([c]1ccccc1)([c]1ccccc1)[O]2.